The molecule has 1 amide bonds. The molecule has 1 fully saturated rings. The third-order valence-electron chi connectivity index (χ3n) is 3.24. The topological polar surface area (TPSA) is 59.0 Å². The summed E-state index contributed by atoms with van der Waals surface area (Å²) in [5.74, 6) is 0.721. The molecule has 1 saturated heterocycles. The van der Waals surface area contributed by atoms with Crippen molar-refractivity contribution in [3.8, 4) is 5.75 Å². The zero-order valence-electron chi connectivity index (χ0n) is 13.0. The van der Waals surface area contributed by atoms with Gasteiger partial charge in [-0.15, -0.1) is 0 Å². The second-order valence-electron chi connectivity index (χ2n) is 6.33. The van der Waals surface area contributed by atoms with Crippen molar-refractivity contribution in [1.29, 1.82) is 0 Å². The van der Waals surface area contributed by atoms with E-state index < -0.39 is 17.3 Å². The maximum absolute atomic E-state index is 11.9. The van der Waals surface area contributed by atoms with Crippen molar-refractivity contribution in [2.24, 2.45) is 0 Å². The number of benzene rings is 1. The Morgan fingerprint density at radius 2 is 2.05 bits per heavy atom. The van der Waals surface area contributed by atoms with Gasteiger partial charge in [0.15, 0.2) is 0 Å². The quantitative estimate of drug-likeness (QED) is 0.930. The van der Waals surface area contributed by atoms with E-state index in [1.54, 1.807) is 0 Å². The lowest BCUT2D eigenvalue weighted by atomic mass is 9.86. The van der Waals surface area contributed by atoms with Crippen molar-refractivity contribution in [2.75, 3.05) is 19.7 Å². The Morgan fingerprint density at radius 3 is 2.62 bits per heavy atom. The molecule has 116 valence electrons. The summed E-state index contributed by atoms with van der Waals surface area (Å²) >= 11 is 0. The van der Waals surface area contributed by atoms with Crippen LogP contribution in [0.3, 0.4) is 0 Å². The van der Waals surface area contributed by atoms with Crippen molar-refractivity contribution in [3.05, 3.63) is 29.8 Å². The number of carbonyl (C=O) groups is 1. The van der Waals surface area contributed by atoms with Crippen molar-refractivity contribution < 1.29 is 19.4 Å². The van der Waals surface area contributed by atoms with Crippen LogP contribution in [-0.4, -0.2) is 41.4 Å². The molecule has 0 aromatic heterocycles. The van der Waals surface area contributed by atoms with Gasteiger partial charge in [-0.05, 0) is 45.4 Å². The first-order chi connectivity index (χ1) is 9.73. The summed E-state index contributed by atoms with van der Waals surface area (Å²) < 4.78 is 10.7. The number of nitrogens with zero attached hydrogens (tertiary/aromatic N) is 1. The molecule has 0 saturated carbocycles. The SMILES string of the molecule is CCOc1cccc(C2(O)CN(C(=O)OC(C)(C)C)C2)c1. The van der Waals surface area contributed by atoms with Crippen molar-refractivity contribution in [1.82, 2.24) is 4.90 Å². The largest absolute Gasteiger partial charge is 0.494 e. The van der Waals surface area contributed by atoms with Gasteiger partial charge in [-0.2, -0.15) is 0 Å². The molecular weight excluding hydrogens is 270 g/mol. The third kappa shape index (κ3) is 3.67. The van der Waals surface area contributed by atoms with Crippen LogP contribution in [0.4, 0.5) is 4.79 Å². The van der Waals surface area contributed by atoms with E-state index in [4.69, 9.17) is 9.47 Å². The maximum Gasteiger partial charge on any atom is 0.410 e. The maximum atomic E-state index is 11.9. The highest BCUT2D eigenvalue weighted by molar-refractivity contribution is 5.70. The van der Waals surface area contributed by atoms with Crippen LogP contribution < -0.4 is 4.74 Å². The van der Waals surface area contributed by atoms with E-state index >= 15 is 0 Å². The number of aliphatic hydroxyl groups is 1. The third-order valence-corrected chi connectivity index (χ3v) is 3.24. The Labute approximate surface area is 125 Å². The number of likely N-dealkylation sites (tertiary alicyclic amines) is 1. The average Bonchev–Trinajstić information content (AvgIpc) is 2.33. The Bertz CT molecular complexity index is 515. The fourth-order valence-corrected chi connectivity index (χ4v) is 2.27. The Kier molecular flexibility index (Phi) is 4.14. The molecule has 1 heterocycles. The minimum absolute atomic E-state index is 0.234. The van der Waals surface area contributed by atoms with Crippen molar-refractivity contribution in [2.45, 2.75) is 38.9 Å². The van der Waals surface area contributed by atoms with Gasteiger partial charge in [-0.3, -0.25) is 0 Å². The zero-order chi connectivity index (χ0) is 15.7. The van der Waals surface area contributed by atoms with E-state index in [0.717, 1.165) is 11.3 Å². The normalized spacial score (nSPS) is 17.1. The van der Waals surface area contributed by atoms with Gasteiger partial charge in [0.1, 0.15) is 17.0 Å². The monoisotopic (exact) mass is 293 g/mol. The van der Waals surface area contributed by atoms with Gasteiger partial charge < -0.3 is 19.5 Å². The fraction of sp³-hybridized carbons (Fsp3) is 0.562. The second-order valence-corrected chi connectivity index (χ2v) is 6.33. The highest BCUT2D eigenvalue weighted by Crippen LogP contribution is 2.34. The molecule has 0 unspecified atom stereocenters. The van der Waals surface area contributed by atoms with E-state index in [1.807, 2.05) is 52.0 Å². The van der Waals surface area contributed by atoms with Gasteiger partial charge in [0.25, 0.3) is 0 Å². The summed E-state index contributed by atoms with van der Waals surface area (Å²) in [5.41, 5.74) is -0.794. The average molecular weight is 293 g/mol. The molecule has 0 bridgehead atoms. The number of hydrogen-bond donors (Lipinski definition) is 1. The van der Waals surface area contributed by atoms with Crippen LogP contribution in [0, 0.1) is 0 Å². The summed E-state index contributed by atoms with van der Waals surface area (Å²) in [4.78, 5) is 13.4. The summed E-state index contributed by atoms with van der Waals surface area (Å²) in [6.45, 7) is 8.42. The molecule has 0 radical (unpaired) electrons. The molecule has 5 nitrogen and oxygen atoms in total. The predicted octanol–water partition coefficient (Wildman–Crippen LogP) is 2.52. The van der Waals surface area contributed by atoms with E-state index in [9.17, 15) is 9.90 Å². The number of amides is 1. The summed E-state index contributed by atoms with van der Waals surface area (Å²) in [5, 5.41) is 10.6. The van der Waals surface area contributed by atoms with Gasteiger partial charge in [0.05, 0.1) is 19.7 Å². The number of rotatable bonds is 3. The highest BCUT2D eigenvalue weighted by Gasteiger charge is 2.46. The second kappa shape index (κ2) is 5.56. The first-order valence-electron chi connectivity index (χ1n) is 7.17. The van der Waals surface area contributed by atoms with Crippen LogP contribution in [0.15, 0.2) is 24.3 Å². The van der Waals surface area contributed by atoms with Gasteiger partial charge in [-0.1, -0.05) is 12.1 Å². The Hall–Kier alpha value is -1.75. The van der Waals surface area contributed by atoms with Gasteiger partial charge in [0, 0.05) is 0 Å². The Balaban J connectivity index is 2.01. The zero-order valence-corrected chi connectivity index (χ0v) is 13.0. The van der Waals surface area contributed by atoms with Crippen LogP contribution >= 0.6 is 0 Å². The van der Waals surface area contributed by atoms with Crippen LogP contribution in [0.2, 0.25) is 0 Å². The summed E-state index contributed by atoms with van der Waals surface area (Å²) in [6.07, 6.45) is -0.395. The molecular formula is C16H23NO4. The van der Waals surface area contributed by atoms with Crippen LogP contribution in [0.1, 0.15) is 33.3 Å². The standard InChI is InChI=1S/C16H23NO4/c1-5-20-13-8-6-7-12(9-13)16(19)10-17(11-16)14(18)21-15(2,3)4/h6-9,19H,5,10-11H2,1-4H3. The first kappa shape index (κ1) is 15.6. The van der Waals surface area contributed by atoms with Crippen molar-refractivity contribution >= 4 is 6.09 Å². The van der Waals surface area contributed by atoms with E-state index in [0.29, 0.717) is 6.61 Å². The smallest absolute Gasteiger partial charge is 0.410 e. The van der Waals surface area contributed by atoms with E-state index in [2.05, 4.69) is 0 Å². The van der Waals surface area contributed by atoms with E-state index in [1.165, 1.54) is 4.90 Å². The van der Waals surface area contributed by atoms with Crippen LogP contribution in [-0.2, 0) is 10.3 Å². The molecule has 5 heteroatoms. The lowest BCUT2D eigenvalue weighted by Crippen LogP contribution is -2.61. The molecule has 1 aromatic carbocycles. The molecule has 0 spiro atoms. The lowest BCUT2D eigenvalue weighted by Gasteiger charge is -2.46. The fourth-order valence-electron chi connectivity index (χ4n) is 2.27. The highest BCUT2D eigenvalue weighted by atomic mass is 16.6. The number of carbonyl (C=O) groups excluding carboxylic acids is 1. The van der Waals surface area contributed by atoms with Crippen molar-refractivity contribution in [3.63, 3.8) is 0 Å². The minimum Gasteiger partial charge on any atom is -0.494 e. The van der Waals surface area contributed by atoms with Crippen LogP contribution in [0.25, 0.3) is 0 Å². The molecule has 1 aromatic rings. The van der Waals surface area contributed by atoms with Gasteiger partial charge >= 0.3 is 6.09 Å². The molecule has 2 rings (SSSR count). The lowest BCUT2D eigenvalue weighted by molar-refractivity contribution is -0.103. The molecule has 1 N–H and O–H groups in total. The Morgan fingerprint density at radius 1 is 1.38 bits per heavy atom. The molecule has 1 aliphatic heterocycles. The van der Waals surface area contributed by atoms with E-state index in [-0.39, 0.29) is 13.1 Å². The number of hydrogen-bond acceptors (Lipinski definition) is 4. The molecule has 0 atom stereocenters. The number of β-amino-alcohol motifs (C(OH)–C–C–N with tert-alkyl or cyclic N) is 1. The number of ether oxygens (including phenoxy) is 2. The minimum atomic E-state index is -1.02. The molecule has 1 aliphatic rings. The summed E-state index contributed by atoms with van der Waals surface area (Å²) in [7, 11) is 0. The van der Waals surface area contributed by atoms with Gasteiger partial charge in [-0.25, -0.2) is 4.79 Å². The molecule has 21 heavy (non-hydrogen) atoms. The predicted molar refractivity (Wildman–Crippen MR) is 79.3 cm³/mol. The first-order valence-corrected chi connectivity index (χ1v) is 7.17. The van der Waals surface area contributed by atoms with Crippen LogP contribution in [0.5, 0.6) is 5.75 Å². The molecule has 0 aliphatic carbocycles. The summed E-state index contributed by atoms with van der Waals surface area (Å²) in [6, 6.07) is 7.35. The van der Waals surface area contributed by atoms with Gasteiger partial charge in [0.2, 0.25) is 0 Å².